The van der Waals surface area contributed by atoms with Crippen LogP contribution in [-0.2, 0) is 0 Å². The van der Waals surface area contributed by atoms with Gasteiger partial charge in [-0.1, -0.05) is 0 Å². The molecule has 0 aromatic carbocycles. The number of hydrogen-bond acceptors (Lipinski definition) is 1. The van der Waals surface area contributed by atoms with Crippen molar-refractivity contribution in [2.24, 2.45) is 28.5 Å². The van der Waals surface area contributed by atoms with Crippen molar-refractivity contribution in [3.63, 3.8) is 0 Å². The van der Waals surface area contributed by atoms with Crippen LogP contribution in [0.4, 0.5) is 0 Å². The van der Waals surface area contributed by atoms with E-state index >= 15 is 0 Å². The van der Waals surface area contributed by atoms with Gasteiger partial charge in [0.05, 0.1) is 5.84 Å². The Morgan fingerprint density at radius 2 is 1.83 bits per heavy atom. The fraction of sp³-hybridized carbons (Fsp3) is 0.900. The average Bonchev–Trinajstić information content (AvgIpc) is 2.83. The van der Waals surface area contributed by atoms with E-state index in [1.165, 1.54) is 25.7 Å². The Labute approximate surface area is 74.2 Å². The molecule has 0 atom stereocenters. The summed E-state index contributed by atoms with van der Waals surface area (Å²) in [6, 6.07) is 0. The molecule has 0 heterocycles. The van der Waals surface area contributed by atoms with E-state index in [2.05, 4.69) is 4.99 Å². The SMILES string of the molecule is CC(N)=NCC(C1CC1)C1CC1. The maximum absolute atomic E-state index is 5.53. The highest BCUT2D eigenvalue weighted by atomic mass is 14.8. The third-order valence-corrected chi connectivity index (χ3v) is 3.01. The number of hydrogen-bond donors (Lipinski definition) is 1. The lowest BCUT2D eigenvalue weighted by atomic mass is 9.98. The first-order valence-corrected chi connectivity index (χ1v) is 5.04. The molecule has 2 aliphatic rings. The Kier molecular flexibility index (Phi) is 2.07. The fourth-order valence-corrected chi connectivity index (χ4v) is 1.98. The van der Waals surface area contributed by atoms with Crippen molar-refractivity contribution < 1.29 is 0 Å². The van der Waals surface area contributed by atoms with Gasteiger partial charge in [-0.25, -0.2) is 0 Å². The Morgan fingerprint density at radius 1 is 1.33 bits per heavy atom. The minimum atomic E-state index is 0.751. The highest BCUT2D eigenvalue weighted by Crippen LogP contribution is 2.49. The number of nitrogens with zero attached hydrogens (tertiary/aromatic N) is 1. The lowest BCUT2D eigenvalue weighted by molar-refractivity contribution is 0.418. The molecule has 0 aromatic heterocycles. The van der Waals surface area contributed by atoms with Gasteiger partial charge in [-0.3, -0.25) is 4.99 Å². The average molecular weight is 166 g/mol. The van der Waals surface area contributed by atoms with Crippen molar-refractivity contribution in [1.82, 2.24) is 0 Å². The summed E-state index contributed by atoms with van der Waals surface area (Å²) in [5.41, 5.74) is 5.53. The van der Waals surface area contributed by atoms with Crippen molar-refractivity contribution in [3.8, 4) is 0 Å². The van der Waals surface area contributed by atoms with Crippen LogP contribution >= 0.6 is 0 Å². The first-order valence-electron chi connectivity index (χ1n) is 5.04. The minimum absolute atomic E-state index is 0.751. The Balaban J connectivity index is 1.84. The lowest BCUT2D eigenvalue weighted by Gasteiger charge is -2.11. The molecular weight excluding hydrogens is 148 g/mol. The first kappa shape index (κ1) is 8.09. The van der Waals surface area contributed by atoms with Crippen LogP contribution in [0.15, 0.2) is 4.99 Å². The molecule has 2 saturated carbocycles. The van der Waals surface area contributed by atoms with E-state index in [1.54, 1.807) is 0 Å². The van der Waals surface area contributed by atoms with Gasteiger partial charge >= 0.3 is 0 Å². The normalized spacial score (nSPS) is 25.0. The maximum Gasteiger partial charge on any atom is 0.0905 e. The molecule has 2 N–H and O–H groups in total. The van der Waals surface area contributed by atoms with Crippen LogP contribution in [-0.4, -0.2) is 12.4 Å². The second kappa shape index (κ2) is 3.08. The van der Waals surface area contributed by atoms with Gasteiger partial charge in [-0.15, -0.1) is 0 Å². The first-order chi connectivity index (χ1) is 5.77. The molecule has 2 rings (SSSR count). The molecule has 0 aromatic rings. The van der Waals surface area contributed by atoms with Gasteiger partial charge in [0.15, 0.2) is 0 Å². The van der Waals surface area contributed by atoms with E-state index in [0.717, 1.165) is 30.1 Å². The van der Waals surface area contributed by atoms with E-state index < -0.39 is 0 Å². The summed E-state index contributed by atoms with van der Waals surface area (Å²) >= 11 is 0. The molecule has 2 fully saturated rings. The van der Waals surface area contributed by atoms with Gasteiger partial charge in [-0.2, -0.15) is 0 Å². The second-order valence-corrected chi connectivity index (χ2v) is 4.32. The van der Waals surface area contributed by atoms with E-state index in [9.17, 15) is 0 Å². The van der Waals surface area contributed by atoms with Crippen LogP contribution in [0.5, 0.6) is 0 Å². The van der Waals surface area contributed by atoms with Crippen molar-refractivity contribution in [2.75, 3.05) is 6.54 Å². The molecule has 0 amide bonds. The quantitative estimate of drug-likeness (QED) is 0.502. The summed E-state index contributed by atoms with van der Waals surface area (Å²) in [6.07, 6.45) is 5.78. The summed E-state index contributed by atoms with van der Waals surface area (Å²) < 4.78 is 0. The van der Waals surface area contributed by atoms with Crippen molar-refractivity contribution in [2.45, 2.75) is 32.6 Å². The van der Waals surface area contributed by atoms with Gasteiger partial charge in [0.25, 0.3) is 0 Å². The smallest absolute Gasteiger partial charge is 0.0905 e. The van der Waals surface area contributed by atoms with Gasteiger partial charge in [-0.05, 0) is 50.4 Å². The van der Waals surface area contributed by atoms with E-state index in [0.29, 0.717) is 0 Å². The number of aliphatic imine (C=N–C) groups is 1. The molecule has 0 unspecified atom stereocenters. The van der Waals surface area contributed by atoms with Gasteiger partial charge in [0.2, 0.25) is 0 Å². The van der Waals surface area contributed by atoms with Crippen molar-refractivity contribution in [3.05, 3.63) is 0 Å². The van der Waals surface area contributed by atoms with Crippen LogP contribution in [0.3, 0.4) is 0 Å². The monoisotopic (exact) mass is 166 g/mol. The molecular formula is C10H18N2. The minimum Gasteiger partial charge on any atom is -0.388 e. The molecule has 0 spiro atoms. The molecule has 12 heavy (non-hydrogen) atoms. The zero-order chi connectivity index (χ0) is 8.55. The molecule has 0 saturated heterocycles. The number of rotatable bonds is 4. The molecule has 68 valence electrons. The van der Waals surface area contributed by atoms with E-state index in [-0.39, 0.29) is 0 Å². The predicted octanol–water partition coefficient (Wildman–Crippen LogP) is 1.80. The highest BCUT2D eigenvalue weighted by molar-refractivity contribution is 5.77. The molecule has 2 heteroatoms. The Morgan fingerprint density at radius 3 is 2.17 bits per heavy atom. The van der Waals surface area contributed by atoms with Crippen LogP contribution in [0.1, 0.15) is 32.6 Å². The van der Waals surface area contributed by atoms with E-state index in [1.807, 2.05) is 6.92 Å². The summed E-state index contributed by atoms with van der Waals surface area (Å²) in [5, 5.41) is 0. The third-order valence-electron chi connectivity index (χ3n) is 3.01. The summed E-state index contributed by atoms with van der Waals surface area (Å²) in [6.45, 7) is 2.88. The van der Waals surface area contributed by atoms with Gasteiger partial charge in [0.1, 0.15) is 0 Å². The molecule has 0 aliphatic heterocycles. The maximum atomic E-state index is 5.53. The van der Waals surface area contributed by atoms with Gasteiger partial charge in [0, 0.05) is 6.54 Å². The summed E-state index contributed by atoms with van der Waals surface area (Å²) in [4.78, 5) is 4.34. The fourth-order valence-electron chi connectivity index (χ4n) is 1.98. The Bertz CT molecular complexity index is 174. The number of nitrogens with two attached hydrogens (primary N) is 1. The summed E-state index contributed by atoms with van der Waals surface area (Å²) in [7, 11) is 0. The van der Waals surface area contributed by atoms with Crippen LogP contribution < -0.4 is 5.73 Å². The van der Waals surface area contributed by atoms with Gasteiger partial charge < -0.3 is 5.73 Å². The van der Waals surface area contributed by atoms with Crippen molar-refractivity contribution >= 4 is 5.84 Å². The van der Waals surface area contributed by atoms with Crippen LogP contribution in [0.25, 0.3) is 0 Å². The van der Waals surface area contributed by atoms with E-state index in [4.69, 9.17) is 5.73 Å². The molecule has 2 nitrogen and oxygen atoms in total. The lowest BCUT2D eigenvalue weighted by Crippen LogP contribution is -2.14. The molecule has 2 aliphatic carbocycles. The Hall–Kier alpha value is -0.530. The number of amidine groups is 1. The molecule has 0 bridgehead atoms. The second-order valence-electron chi connectivity index (χ2n) is 4.32. The topological polar surface area (TPSA) is 38.4 Å². The van der Waals surface area contributed by atoms with Crippen LogP contribution in [0.2, 0.25) is 0 Å². The summed E-state index contributed by atoms with van der Waals surface area (Å²) in [5.74, 6) is 3.63. The van der Waals surface area contributed by atoms with Crippen molar-refractivity contribution in [1.29, 1.82) is 0 Å². The van der Waals surface area contributed by atoms with Crippen LogP contribution in [0, 0.1) is 17.8 Å². The molecule has 0 radical (unpaired) electrons. The predicted molar refractivity (Wildman–Crippen MR) is 51.1 cm³/mol. The largest absolute Gasteiger partial charge is 0.388 e. The highest BCUT2D eigenvalue weighted by Gasteiger charge is 2.40. The zero-order valence-corrected chi connectivity index (χ0v) is 7.79. The third kappa shape index (κ3) is 1.99. The standard InChI is InChI=1S/C10H18N2/c1-7(11)12-6-10(8-2-3-8)9-4-5-9/h8-10H,2-6H2,1H3,(H2,11,12). The zero-order valence-electron chi connectivity index (χ0n) is 7.79.